The summed E-state index contributed by atoms with van der Waals surface area (Å²) in [5.41, 5.74) is 1.83. The summed E-state index contributed by atoms with van der Waals surface area (Å²) in [6.45, 7) is 3.38. The number of hydrogen-bond donors (Lipinski definition) is 1. The van der Waals surface area contributed by atoms with Gasteiger partial charge < -0.3 is 5.32 Å². The zero-order valence-electron chi connectivity index (χ0n) is 14.6. The topological polar surface area (TPSA) is 76.9 Å². The lowest BCUT2D eigenvalue weighted by molar-refractivity contribution is -0.119. The van der Waals surface area contributed by atoms with Gasteiger partial charge in [-0.05, 0) is 43.7 Å². The quantitative estimate of drug-likeness (QED) is 0.711. The Balaban J connectivity index is 1.83. The van der Waals surface area contributed by atoms with Gasteiger partial charge in [0.2, 0.25) is 5.91 Å². The second kappa shape index (κ2) is 7.90. The van der Waals surface area contributed by atoms with Gasteiger partial charge in [0.25, 0.3) is 0 Å². The Morgan fingerprint density at radius 1 is 1.15 bits per heavy atom. The lowest BCUT2D eigenvalue weighted by Gasteiger charge is -2.15. The number of hydrogen-bond acceptors (Lipinski definition) is 4. The number of aromatic nitrogens is 3. The van der Waals surface area contributed by atoms with E-state index in [0.717, 1.165) is 10.2 Å². The van der Waals surface area contributed by atoms with Gasteiger partial charge in [-0.3, -0.25) is 4.79 Å². The van der Waals surface area contributed by atoms with Gasteiger partial charge in [-0.1, -0.05) is 41.4 Å². The molecule has 3 rings (SSSR count). The number of carbonyl (C=O) groups is 1. The molecule has 8 heteroatoms. The van der Waals surface area contributed by atoms with E-state index < -0.39 is 17.6 Å². The van der Waals surface area contributed by atoms with Crippen LogP contribution in [0.3, 0.4) is 0 Å². The van der Waals surface area contributed by atoms with Crippen LogP contribution in [-0.2, 0) is 4.79 Å². The smallest absolute Gasteiger partial charge is 0.324 e. The third-order valence-electron chi connectivity index (χ3n) is 4.13. The van der Waals surface area contributed by atoms with Crippen molar-refractivity contribution in [2.75, 3.05) is 5.32 Å². The van der Waals surface area contributed by atoms with Gasteiger partial charge in [0, 0.05) is 21.3 Å². The predicted molar refractivity (Wildman–Crippen MR) is 106 cm³/mol. The fraction of sp³-hybridized carbons (Fsp3) is 0.158. The van der Waals surface area contributed by atoms with Gasteiger partial charge in [0.05, 0.1) is 11.9 Å². The summed E-state index contributed by atoms with van der Waals surface area (Å²) >= 11 is 11.9. The van der Waals surface area contributed by atoms with Crippen molar-refractivity contribution in [1.29, 1.82) is 0 Å². The maximum atomic E-state index is 12.5. The molecule has 0 aliphatic heterocycles. The van der Waals surface area contributed by atoms with Crippen LogP contribution in [0.15, 0.2) is 53.5 Å². The maximum Gasteiger partial charge on any atom is 0.365 e. The van der Waals surface area contributed by atoms with Crippen molar-refractivity contribution in [3.63, 3.8) is 0 Å². The molecule has 3 aromatic rings. The van der Waals surface area contributed by atoms with Crippen molar-refractivity contribution in [3.8, 4) is 11.3 Å². The number of rotatable bonds is 4. The molecule has 0 aliphatic rings. The monoisotopic (exact) mass is 402 g/mol. The molecule has 1 N–H and O–H groups in total. The summed E-state index contributed by atoms with van der Waals surface area (Å²) in [4.78, 5) is 28.9. The molecule has 138 valence electrons. The SMILES string of the molecule is Cc1c(Cl)cccc1NC(=O)[C@@H](C)n1ncc(-c2ccc(Cl)cc2)nc1=O. The van der Waals surface area contributed by atoms with Crippen LogP contribution in [0.5, 0.6) is 0 Å². The highest BCUT2D eigenvalue weighted by molar-refractivity contribution is 6.31. The Bertz CT molecular complexity index is 1050. The van der Waals surface area contributed by atoms with Crippen molar-refractivity contribution >= 4 is 34.8 Å². The molecule has 0 saturated heterocycles. The Hall–Kier alpha value is -2.70. The van der Waals surface area contributed by atoms with Gasteiger partial charge >= 0.3 is 5.69 Å². The van der Waals surface area contributed by atoms with Gasteiger partial charge in [-0.15, -0.1) is 0 Å². The molecule has 1 atom stereocenters. The number of nitrogens with one attached hydrogen (secondary N) is 1. The summed E-state index contributed by atoms with van der Waals surface area (Å²) in [5, 5.41) is 8.00. The minimum atomic E-state index is -0.845. The zero-order chi connectivity index (χ0) is 19.6. The highest BCUT2D eigenvalue weighted by Gasteiger charge is 2.19. The van der Waals surface area contributed by atoms with E-state index in [1.807, 2.05) is 0 Å². The zero-order valence-corrected chi connectivity index (χ0v) is 16.1. The average Bonchev–Trinajstić information content (AvgIpc) is 2.65. The third-order valence-corrected chi connectivity index (χ3v) is 4.79. The molecule has 0 radical (unpaired) electrons. The Labute approximate surface area is 165 Å². The van der Waals surface area contributed by atoms with Crippen LogP contribution in [0.4, 0.5) is 5.69 Å². The van der Waals surface area contributed by atoms with E-state index in [-0.39, 0.29) is 0 Å². The van der Waals surface area contributed by atoms with Crippen molar-refractivity contribution in [2.24, 2.45) is 0 Å². The van der Waals surface area contributed by atoms with Gasteiger partial charge in [-0.2, -0.15) is 10.1 Å². The number of halogens is 2. The average molecular weight is 403 g/mol. The van der Waals surface area contributed by atoms with E-state index in [0.29, 0.717) is 27.0 Å². The molecule has 1 aromatic heterocycles. The molecule has 1 heterocycles. The second-order valence-corrected chi connectivity index (χ2v) is 6.80. The molecule has 27 heavy (non-hydrogen) atoms. The Morgan fingerprint density at radius 2 is 1.85 bits per heavy atom. The van der Waals surface area contributed by atoms with E-state index in [1.165, 1.54) is 6.20 Å². The second-order valence-electron chi connectivity index (χ2n) is 5.95. The largest absolute Gasteiger partial charge is 0.365 e. The number of amides is 1. The summed E-state index contributed by atoms with van der Waals surface area (Å²) in [6.07, 6.45) is 1.44. The minimum absolute atomic E-state index is 0.393. The molecule has 1 amide bonds. The normalized spacial score (nSPS) is 11.9. The van der Waals surface area contributed by atoms with Gasteiger partial charge in [-0.25, -0.2) is 9.48 Å². The van der Waals surface area contributed by atoms with Gasteiger partial charge in [0.1, 0.15) is 6.04 Å². The van der Waals surface area contributed by atoms with Crippen LogP contribution in [0.25, 0.3) is 11.3 Å². The van der Waals surface area contributed by atoms with Crippen LogP contribution in [0.1, 0.15) is 18.5 Å². The van der Waals surface area contributed by atoms with E-state index in [4.69, 9.17) is 23.2 Å². The first-order valence-electron chi connectivity index (χ1n) is 8.14. The highest BCUT2D eigenvalue weighted by atomic mass is 35.5. The standard InChI is InChI=1S/C19H16Cl2N4O2/c1-11-15(21)4-3-5-16(11)23-18(26)12(2)25-19(27)24-17(10-22-25)13-6-8-14(20)9-7-13/h3-10,12H,1-2H3,(H,23,26)/t12-/m1/s1. The fourth-order valence-corrected chi connectivity index (χ4v) is 2.77. The van der Waals surface area contributed by atoms with E-state index in [2.05, 4.69) is 15.4 Å². The Kier molecular flexibility index (Phi) is 5.58. The molecule has 0 saturated carbocycles. The van der Waals surface area contributed by atoms with Crippen LogP contribution in [0, 0.1) is 6.92 Å². The lowest BCUT2D eigenvalue weighted by Crippen LogP contribution is -2.35. The van der Waals surface area contributed by atoms with Crippen molar-refractivity contribution in [1.82, 2.24) is 14.8 Å². The van der Waals surface area contributed by atoms with Crippen molar-refractivity contribution in [2.45, 2.75) is 19.9 Å². The molecule has 2 aromatic carbocycles. The van der Waals surface area contributed by atoms with Crippen LogP contribution in [-0.4, -0.2) is 20.7 Å². The Morgan fingerprint density at radius 3 is 2.52 bits per heavy atom. The van der Waals surface area contributed by atoms with Gasteiger partial charge in [0.15, 0.2) is 0 Å². The molecule has 0 fully saturated rings. The summed E-state index contributed by atoms with van der Waals surface area (Å²) in [5.74, 6) is -0.393. The highest BCUT2D eigenvalue weighted by Crippen LogP contribution is 2.23. The maximum absolute atomic E-state index is 12.5. The summed E-state index contributed by atoms with van der Waals surface area (Å²) in [7, 11) is 0. The molecule has 0 bridgehead atoms. The molecular formula is C19H16Cl2N4O2. The summed E-state index contributed by atoms with van der Waals surface area (Å²) < 4.78 is 1.04. The molecule has 0 unspecified atom stereocenters. The van der Waals surface area contributed by atoms with E-state index in [1.54, 1.807) is 56.3 Å². The molecule has 0 spiro atoms. The minimum Gasteiger partial charge on any atom is -0.324 e. The van der Waals surface area contributed by atoms with E-state index in [9.17, 15) is 9.59 Å². The predicted octanol–water partition coefficient (Wildman–Crippen LogP) is 4.12. The number of nitrogens with zero attached hydrogens (tertiary/aromatic N) is 3. The van der Waals surface area contributed by atoms with Crippen molar-refractivity contribution < 1.29 is 4.79 Å². The molecular weight excluding hydrogens is 387 g/mol. The lowest BCUT2D eigenvalue weighted by atomic mass is 10.2. The summed E-state index contributed by atoms with van der Waals surface area (Å²) in [6, 6.07) is 11.3. The first-order valence-corrected chi connectivity index (χ1v) is 8.90. The molecule has 0 aliphatic carbocycles. The first kappa shape index (κ1) is 19.1. The first-order chi connectivity index (χ1) is 12.9. The van der Waals surface area contributed by atoms with E-state index >= 15 is 0 Å². The number of carbonyl (C=O) groups excluding carboxylic acids is 1. The van der Waals surface area contributed by atoms with Crippen LogP contribution in [0.2, 0.25) is 10.0 Å². The number of benzene rings is 2. The number of anilines is 1. The third kappa shape index (κ3) is 4.18. The molecule has 6 nitrogen and oxygen atoms in total. The van der Waals surface area contributed by atoms with Crippen LogP contribution < -0.4 is 11.0 Å². The fourth-order valence-electron chi connectivity index (χ4n) is 2.47. The van der Waals surface area contributed by atoms with Crippen LogP contribution >= 0.6 is 23.2 Å². The van der Waals surface area contributed by atoms with Crippen molar-refractivity contribution in [3.05, 3.63) is 74.8 Å².